The molecule has 0 radical (unpaired) electrons. The standard InChI is InChI=1S/C17H24N2O5/c1-11-6-4-5-9-17(11)15(22)19(16(23)18-17)10-14(21)24-13-8-3-2-7-12(13)20/h11,13H,2-10H2,1H3,(H,18,23)/t11-,13-,17-/m1/s1. The summed E-state index contributed by atoms with van der Waals surface area (Å²) in [7, 11) is 0. The van der Waals surface area contributed by atoms with E-state index >= 15 is 0 Å². The molecule has 2 saturated carbocycles. The smallest absolute Gasteiger partial charge is 0.326 e. The molecule has 2 aliphatic carbocycles. The molecule has 1 heterocycles. The van der Waals surface area contributed by atoms with Gasteiger partial charge in [0.05, 0.1) is 0 Å². The molecule has 0 aromatic carbocycles. The van der Waals surface area contributed by atoms with E-state index in [1.807, 2.05) is 6.92 Å². The predicted molar refractivity (Wildman–Crippen MR) is 84.0 cm³/mol. The average molecular weight is 336 g/mol. The first-order valence-electron chi connectivity index (χ1n) is 8.80. The third-order valence-electron chi connectivity index (χ3n) is 5.56. The molecule has 0 bridgehead atoms. The summed E-state index contributed by atoms with van der Waals surface area (Å²) in [5.41, 5.74) is -0.879. The van der Waals surface area contributed by atoms with Crippen LogP contribution in [-0.4, -0.2) is 46.8 Å². The summed E-state index contributed by atoms with van der Waals surface area (Å²) in [6.07, 6.45) is 5.27. The van der Waals surface area contributed by atoms with Gasteiger partial charge in [-0.1, -0.05) is 19.8 Å². The Hall–Kier alpha value is -1.92. The molecular weight excluding hydrogens is 312 g/mol. The van der Waals surface area contributed by atoms with Gasteiger partial charge in [-0.05, 0) is 38.0 Å². The van der Waals surface area contributed by atoms with Crippen LogP contribution in [0.4, 0.5) is 4.79 Å². The third kappa shape index (κ3) is 2.91. The zero-order valence-corrected chi connectivity index (χ0v) is 14.0. The van der Waals surface area contributed by atoms with E-state index < -0.39 is 30.2 Å². The molecule has 7 heteroatoms. The van der Waals surface area contributed by atoms with Gasteiger partial charge in [0.2, 0.25) is 0 Å². The number of carbonyl (C=O) groups is 4. The normalized spacial score (nSPS) is 33.7. The fraction of sp³-hybridized carbons (Fsp3) is 0.765. The number of esters is 1. The Bertz CT molecular complexity index is 575. The van der Waals surface area contributed by atoms with Crippen molar-refractivity contribution in [3.8, 4) is 0 Å². The lowest BCUT2D eigenvalue weighted by atomic mass is 9.73. The number of ether oxygens (including phenoxy) is 1. The summed E-state index contributed by atoms with van der Waals surface area (Å²) in [6.45, 7) is 1.53. The molecule has 1 spiro atoms. The summed E-state index contributed by atoms with van der Waals surface area (Å²) in [5, 5.41) is 2.80. The Morgan fingerprint density at radius 2 is 1.96 bits per heavy atom. The number of ketones is 1. The van der Waals surface area contributed by atoms with Gasteiger partial charge in [0.25, 0.3) is 5.91 Å². The van der Waals surface area contributed by atoms with Crippen molar-refractivity contribution in [1.82, 2.24) is 10.2 Å². The van der Waals surface area contributed by atoms with Crippen LogP contribution in [-0.2, 0) is 19.1 Å². The van der Waals surface area contributed by atoms with Gasteiger partial charge >= 0.3 is 12.0 Å². The first kappa shape index (κ1) is 16.9. The number of urea groups is 1. The third-order valence-corrected chi connectivity index (χ3v) is 5.56. The quantitative estimate of drug-likeness (QED) is 0.623. The lowest BCUT2D eigenvalue weighted by molar-refractivity contribution is -0.158. The molecule has 24 heavy (non-hydrogen) atoms. The summed E-state index contributed by atoms with van der Waals surface area (Å²) in [6, 6.07) is -0.541. The Morgan fingerprint density at radius 1 is 1.21 bits per heavy atom. The molecule has 1 saturated heterocycles. The maximum atomic E-state index is 12.8. The van der Waals surface area contributed by atoms with Gasteiger partial charge in [0.15, 0.2) is 11.9 Å². The molecule has 0 unspecified atom stereocenters. The zero-order chi connectivity index (χ0) is 17.3. The minimum Gasteiger partial charge on any atom is -0.453 e. The fourth-order valence-corrected chi connectivity index (χ4v) is 4.04. The lowest BCUT2D eigenvalue weighted by Gasteiger charge is -2.36. The van der Waals surface area contributed by atoms with Crippen LogP contribution in [0, 0.1) is 5.92 Å². The van der Waals surface area contributed by atoms with E-state index in [1.165, 1.54) is 0 Å². The van der Waals surface area contributed by atoms with Gasteiger partial charge in [0.1, 0.15) is 12.1 Å². The van der Waals surface area contributed by atoms with E-state index in [2.05, 4.69) is 5.32 Å². The van der Waals surface area contributed by atoms with Crippen molar-refractivity contribution < 1.29 is 23.9 Å². The highest BCUT2D eigenvalue weighted by molar-refractivity contribution is 6.09. The van der Waals surface area contributed by atoms with Crippen molar-refractivity contribution in [1.29, 1.82) is 0 Å². The van der Waals surface area contributed by atoms with Gasteiger partial charge < -0.3 is 10.1 Å². The Balaban J connectivity index is 1.64. The van der Waals surface area contributed by atoms with Crippen molar-refractivity contribution in [3.63, 3.8) is 0 Å². The van der Waals surface area contributed by atoms with E-state index in [0.717, 1.165) is 37.0 Å². The first-order chi connectivity index (χ1) is 11.4. The highest BCUT2D eigenvalue weighted by Gasteiger charge is 2.55. The number of nitrogens with one attached hydrogen (secondary N) is 1. The molecule has 3 aliphatic rings. The maximum Gasteiger partial charge on any atom is 0.326 e. The number of hydrogen-bond acceptors (Lipinski definition) is 5. The van der Waals surface area contributed by atoms with Gasteiger partial charge in [-0.25, -0.2) is 4.79 Å². The largest absolute Gasteiger partial charge is 0.453 e. The van der Waals surface area contributed by atoms with Crippen LogP contribution < -0.4 is 5.32 Å². The van der Waals surface area contributed by atoms with Crippen LogP contribution in [0.5, 0.6) is 0 Å². The van der Waals surface area contributed by atoms with Gasteiger partial charge in [-0.3, -0.25) is 19.3 Å². The van der Waals surface area contributed by atoms with Crippen LogP contribution in [0.3, 0.4) is 0 Å². The molecule has 3 fully saturated rings. The van der Waals surface area contributed by atoms with Crippen molar-refractivity contribution in [2.24, 2.45) is 5.92 Å². The summed E-state index contributed by atoms with van der Waals surface area (Å²) in [4.78, 5) is 49.8. The van der Waals surface area contributed by atoms with Gasteiger partial charge in [-0.15, -0.1) is 0 Å². The fourth-order valence-electron chi connectivity index (χ4n) is 4.04. The lowest BCUT2D eigenvalue weighted by Crippen LogP contribution is -2.54. The molecule has 3 rings (SSSR count). The van der Waals surface area contributed by atoms with E-state index in [-0.39, 0.29) is 17.6 Å². The Labute approximate surface area is 141 Å². The molecule has 7 nitrogen and oxygen atoms in total. The van der Waals surface area contributed by atoms with Crippen molar-refractivity contribution in [3.05, 3.63) is 0 Å². The second kappa shape index (κ2) is 6.53. The number of imide groups is 1. The topological polar surface area (TPSA) is 92.8 Å². The average Bonchev–Trinajstić information content (AvgIpc) is 2.78. The molecule has 0 aromatic rings. The highest BCUT2D eigenvalue weighted by atomic mass is 16.5. The van der Waals surface area contributed by atoms with Crippen LogP contribution in [0.25, 0.3) is 0 Å². The zero-order valence-electron chi connectivity index (χ0n) is 14.0. The minimum absolute atomic E-state index is 0.0450. The van der Waals surface area contributed by atoms with E-state index in [4.69, 9.17) is 4.74 Å². The van der Waals surface area contributed by atoms with Crippen LogP contribution in [0.1, 0.15) is 58.3 Å². The van der Waals surface area contributed by atoms with E-state index in [0.29, 0.717) is 19.3 Å². The monoisotopic (exact) mass is 336 g/mol. The number of hydrogen-bond donors (Lipinski definition) is 1. The second-order valence-electron chi connectivity index (χ2n) is 7.13. The molecule has 3 amide bonds. The Kier molecular flexibility index (Phi) is 4.60. The minimum atomic E-state index is -0.879. The second-order valence-corrected chi connectivity index (χ2v) is 7.13. The van der Waals surface area contributed by atoms with Crippen LogP contribution in [0.2, 0.25) is 0 Å². The number of amides is 3. The molecule has 3 atom stereocenters. The van der Waals surface area contributed by atoms with Crippen molar-refractivity contribution in [2.75, 3.05) is 6.54 Å². The predicted octanol–water partition coefficient (Wildman–Crippen LogP) is 1.54. The SMILES string of the molecule is C[C@@H]1CCCC[C@@]12NC(=O)N(CC(=O)O[C@@H]1CCCCC1=O)C2=O. The van der Waals surface area contributed by atoms with Crippen LogP contribution in [0.15, 0.2) is 0 Å². The molecule has 1 N–H and O–H groups in total. The summed E-state index contributed by atoms with van der Waals surface area (Å²) < 4.78 is 5.20. The maximum absolute atomic E-state index is 12.8. The first-order valence-corrected chi connectivity index (χ1v) is 8.80. The van der Waals surface area contributed by atoms with Gasteiger partial charge in [-0.2, -0.15) is 0 Å². The van der Waals surface area contributed by atoms with Gasteiger partial charge in [0, 0.05) is 6.42 Å². The highest BCUT2D eigenvalue weighted by Crippen LogP contribution is 2.38. The van der Waals surface area contributed by atoms with Crippen molar-refractivity contribution >= 4 is 23.7 Å². The van der Waals surface area contributed by atoms with E-state index in [1.54, 1.807) is 0 Å². The van der Waals surface area contributed by atoms with Crippen LogP contribution >= 0.6 is 0 Å². The summed E-state index contributed by atoms with van der Waals surface area (Å²) >= 11 is 0. The number of nitrogens with zero attached hydrogens (tertiary/aromatic N) is 1. The number of Topliss-reactive ketones (excluding diaryl/α,β-unsaturated/α-hetero) is 1. The number of carbonyl (C=O) groups excluding carboxylic acids is 4. The molecule has 132 valence electrons. The molecule has 0 aromatic heterocycles. The van der Waals surface area contributed by atoms with E-state index in [9.17, 15) is 19.2 Å². The van der Waals surface area contributed by atoms with Crippen molar-refractivity contribution in [2.45, 2.75) is 69.9 Å². The summed E-state index contributed by atoms with van der Waals surface area (Å²) in [5.74, 6) is -1.07. The number of rotatable bonds is 3. The molecular formula is C17H24N2O5. The molecule has 1 aliphatic heterocycles. The Morgan fingerprint density at radius 3 is 2.67 bits per heavy atom.